The summed E-state index contributed by atoms with van der Waals surface area (Å²) in [4.78, 5) is 12.3. The van der Waals surface area contributed by atoms with E-state index >= 15 is 0 Å². The molecule has 0 aromatic heterocycles. The van der Waals surface area contributed by atoms with E-state index in [0.717, 1.165) is 5.75 Å². The molecular formula is C20H30NO3+. The number of esters is 1. The minimum atomic E-state index is -0.214. The number of carbonyl (C=O) groups excluding carboxylic acids is 1. The van der Waals surface area contributed by atoms with Crippen LogP contribution in [0.2, 0.25) is 0 Å². The van der Waals surface area contributed by atoms with Gasteiger partial charge in [0.1, 0.15) is 12.4 Å². The Morgan fingerprint density at radius 3 is 2.62 bits per heavy atom. The largest absolute Gasteiger partial charge is 0.494 e. The number of nitrogens with zero attached hydrogens (tertiary/aromatic N) is 1. The molecule has 0 aliphatic carbocycles. The molecule has 0 saturated carbocycles. The van der Waals surface area contributed by atoms with E-state index < -0.39 is 0 Å². The molecule has 4 nitrogen and oxygen atoms in total. The lowest BCUT2D eigenvalue weighted by atomic mass is 9.82. The van der Waals surface area contributed by atoms with Gasteiger partial charge in [-0.15, -0.1) is 0 Å². The lowest BCUT2D eigenvalue weighted by Crippen LogP contribution is -2.61. The van der Waals surface area contributed by atoms with Gasteiger partial charge in [0.25, 0.3) is 0 Å². The van der Waals surface area contributed by atoms with Crippen LogP contribution in [0.25, 0.3) is 0 Å². The molecule has 3 rings (SSSR count). The molecule has 0 unspecified atom stereocenters. The van der Waals surface area contributed by atoms with E-state index in [2.05, 4.69) is 7.05 Å². The number of ether oxygens (including phenoxy) is 2. The van der Waals surface area contributed by atoms with Gasteiger partial charge in [0, 0.05) is 12.3 Å². The number of quaternary nitrogens is 1. The molecule has 0 N–H and O–H groups in total. The van der Waals surface area contributed by atoms with E-state index in [9.17, 15) is 4.79 Å². The molecule has 2 aliphatic rings. The third-order valence-corrected chi connectivity index (χ3v) is 5.84. The molecule has 2 aliphatic heterocycles. The average Bonchev–Trinajstić information content (AvgIpc) is 2.60. The summed E-state index contributed by atoms with van der Waals surface area (Å²) in [5.74, 6) is 1.08. The first-order chi connectivity index (χ1) is 11.6. The maximum Gasteiger partial charge on any atom is 0.338 e. The van der Waals surface area contributed by atoms with Gasteiger partial charge in [0.15, 0.2) is 0 Å². The zero-order valence-electron chi connectivity index (χ0n) is 15.0. The van der Waals surface area contributed by atoms with Crippen molar-refractivity contribution in [2.24, 2.45) is 5.92 Å². The Labute approximate surface area is 145 Å². The van der Waals surface area contributed by atoms with Crippen LogP contribution in [-0.2, 0) is 4.74 Å². The highest BCUT2D eigenvalue weighted by molar-refractivity contribution is 5.89. The minimum Gasteiger partial charge on any atom is -0.494 e. The van der Waals surface area contributed by atoms with Crippen LogP contribution in [-0.4, -0.2) is 49.8 Å². The number of carbonyl (C=O) groups is 1. The van der Waals surface area contributed by atoms with Crippen molar-refractivity contribution in [1.82, 2.24) is 0 Å². The summed E-state index contributed by atoms with van der Waals surface area (Å²) in [7, 11) is 2.39. The van der Waals surface area contributed by atoms with Crippen LogP contribution >= 0.6 is 0 Å². The zero-order valence-corrected chi connectivity index (χ0v) is 15.0. The number of piperidine rings is 2. The maximum atomic E-state index is 12.3. The maximum absolute atomic E-state index is 12.3. The van der Waals surface area contributed by atoms with E-state index in [4.69, 9.17) is 9.47 Å². The Morgan fingerprint density at radius 1 is 1.12 bits per heavy atom. The van der Waals surface area contributed by atoms with E-state index in [1.807, 2.05) is 19.1 Å². The van der Waals surface area contributed by atoms with Crippen molar-refractivity contribution in [3.05, 3.63) is 29.8 Å². The molecule has 0 radical (unpaired) electrons. The van der Waals surface area contributed by atoms with Gasteiger partial charge in [-0.05, 0) is 56.9 Å². The standard InChI is InChI=1S/C20H30NO3/c1-3-23-18-11-9-16(10-12-18)20(22)24-15-17-7-6-14-21(2)13-5-4-8-19(17)21/h9-12,17,19H,3-8,13-15H2,1-2H3/q+1/t17-,19+,21-/m0/s1. The van der Waals surface area contributed by atoms with Gasteiger partial charge in [-0.2, -0.15) is 0 Å². The first kappa shape index (κ1) is 17.3. The van der Waals surface area contributed by atoms with Crippen molar-refractivity contribution < 1.29 is 18.8 Å². The van der Waals surface area contributed by atoms with Gasteiger partial charge >= 0.3 is 5.97 Å². The third kappa shape index (κ3) is 3.75. The van der Waals surface area contributed by atoms with Crippen molar-refractivity contribution in [1.29, 1.82) is 0 Å². The van der Waals surface area contributed by atoms with Gasteiger partial charge < -0.3 is 14.0 Å². The summed E-state index contributed by atoms with van der Waals surface area (Å²) in [5, 5.41) is 0. The molecule has 0 bridgehead atoms. The predicted octanol–water partition coefficient (Wildman–Crippen LogP) is 3.65. The fraction of sp³-hybridized carbons (Fsp3) is 0.650. The van der Waals surface area contributed by atoms with Crippen molar-refractivity contribution in [3.8, 4) is 5.75 Å². The average molecular weight is 332 g/mol. The smallest absolute Gasteiger partial charge is 0.338 e. The Bertz CT molecular complexity index is 553. The van der Waals surface area contributed by atoms with Crippen LogP contribution in [0.15, 0.2) is 24.3 Å². The highest BCUT2D eigenvalue weighted by Crippen LogP contribution is 2.36. The number of rotatable bonds is 5. The molecule has 2 saturated heterocycles. The molecule has 2 heterocycles. The molecule has 0 amide bonds. The SMILES string of the molecule is CCOc1ccc(C(=O)OC[C@@H]2CCC[N@+]3(C)CCCC[C@H]23)cc1. The summed E-state index contributed by atoms with van der Waals surface area (Å²) >= 11 is 0. The number of hydrogen-bond donors (Lipinski definition) is 0. The normalized spacial score (nSPS) is 29.6. The number of hydrogen-bond acceptors (Lipinski definition) is 3. The Morgan fingerprint density at radius 2 is 1.88 bits per heavy atom. The number of fused-ring (bicyclic) bond motifs is 1. The van der Waals surface area contributed by atoms with Crippen LogP contribution in [0.1, 0.15) is 49.4 Å². The van der Waals surface area contributed by atoms with Gasteiger partial charge in [-0.3, -0.25) is 0 Å². The summed E-state index contributed by atoms with van der Waals surface area (Å²) < 4.78 is 12.3. The highest BCUT2D eigenvalue weighted by Gasteiger charge is 2.43. The molecule has 0 spiro atoms. The summed E-state index contributed by atoms with van der Waals surface area (Å²) in [6.07, 6.45) is 6.38. The first-order valence-electron chi connectivity index (χ1n) is 9.36. The first-order valence-corrected chi connectivity index (χ1v) is 9.36. The van der Waals surface area contributed by atoms with Gasteiger partial charge in [-0.1, -0.05) is 0 Å². The molecule has 132 valence electrons. The minimum absolute atomic E-state index is 0.214. The third-order valence-electron chi connectivity index (χ3n) is 5.84. The monoisotopic (exact) mass is 332 g/mol. The van der Waals surface area contributed by atoms with Crippen LogP contribution < -0.4 is 4.74 Å². The van der Waals surface area contributed by atoms with Crippen LogP contribution in [0.3, 0.4) is 0 Å². The van der Waals surface area contributed by atoms with Crippen molar-refractivity contribution in [2.45, 2.75) is 45.1 Å². The van der Waals surface area contributed by atoms with Gasteiger partial charge in [0.2, 0.25) is 0 Å². The molecule has 2 fully saturated rings. The molecule has 4 heteroatoms. The lowest BCUT2D eigenvalue weighted by molar-refractivity contribution is -0.947. The fourth-order valence-corrected chi connectivity index (χ4v) is 4.55. The van der Waals surface area contributed by atoms with Crippen molar-refractivity contribution >= 4 is 5.97 Å². The predicted molar refractivity (Wildman–Crippen MR) is 94.2 cm³/mol. The van der Waals surface area contributed by atoms with E-state index in [0.29, 0.717) is 30.7 Å². The van der Waals surface area contributed by atoms with Crippen LogP contribution in [0.5, 0.6) is 5.75 Å². The summed E-state index contributed by atoms with van der Waals surface area (Å²) in [6.45, 7) is 5.71. The van der Waals surface area contributed by atoms with Gasteiger partial charge in [-0.25, -0.2) is 4.79 Å². The zero-order chi connectivity index (χ0) is 17.0. The summed E-state index contributed by atoms with van der Waals surface area (Å²) in [6, 6.07) is 7.90. The summed E-state index contributed by atoms with van der Waals surface area (Å²) in [5.41, 5.74) is 0.607. The second-order valence-corrected chi connectivity index (χ2v) is 7.45. The number of benzene rings is 1. The second-order valence-electron chi connectivity index (χ2n) is 7.45. The van der Waals surface area contributed by atoms with E-state index in [1.54, 1.807) is 12.1 Å². The van der Waals surface area contributed by atoms with Gasteiger partial charge in [0.05, 0.1) is 38.3 Å². The van der Waals surface area contributed by atoms with E-state index in [-0.39, 0.29) is 5.97 Å². The molecule has 24 heavy (non-hydrogen) atoms. The molecular weight excluding hydrogens is 302 g/mol. The van der Waals surface area contributed by atoms with Crippen LogP contribution in [0.4, 0.5) is 0 Å². The molecule has 1 aromatic rings. The quantitative estimate of drug-likeness (QED) is 0.610. The molecule has 3 atom stereocenters. The van der Waals surface area contributed by atoms with Crippen molar-refractivity contribution in [2.75, 3.05) is 33.4 Å². The topological polar surface area (TPSA) is 35.5 Å². The Balaban J connectivity index is 1.57. The second kappa shape index (κ2) is 7.56. The van der Waals surface area contributed by atoms with E-state index in [1.165, 1.54) is 49.7 Å². The van der Waals surface area contributed by atoms with Crippen LogP contribution in [0, 0.1) is 5.92 Å². The Kier molecular flexibility index (Phi) is 5.44. The Hall–Kier alpha value is -1.55. The lowest BCUT2D eigenvalue weighted by Gasteiger charge is -2.51. The molecule has 1 aromatic carbocycles. The fourth-order valence-electron chi connectivity index (χ4n) is 4.55. The highest BCUT2D eigenvalue weighted by atomic mass is 16.5. The van der Waals surface area contributed by atoms with Crippen molar-refractivity contribution in [3.63, 3.8) is 0 Å².